The van der Waals surface area contributed by atoms with Crippen molar-refractivity contribution in [2.45, 2.75) is 25.8 Å². The van der Waals surface area contributed by atoms with Crippen LogP contribution in [0.5, 0.6) is 0 Å². The van der Waals surface area contributed by atoms with Crippen LogP contribution in [0, 0.1) is 11.7 Å². The predicted octanol–water partition coefficient (Wildman–Crippen LogP) is 4.12. The molecule has 1 aliphatic rings. The standard InChI is InChI=1S/C21H29FN4S.HI/c1-23-21(24-10-9-17-5-2-7-19(22)13-17)25-14-18-6-3-11-26(15-18)16-20-8-4-12-27-20;/h2,4-5,7-8,12-13,18H,3,6,9-11,14-16H2,1H3,(H2,23,24,25);1H. The average Bonchev–Trinajstić information content (AvgIpc) is 3.18. The highest BCUT2D eigenvalue weighted by Gasteiger charge is 2.20. The molecule has 7 heteroatoms. The van der Waals surface area contributed by atoms with E-state index in [-0.39, 0.29) is 29.8 Å². The van der Waals surface area contributed by atoms with Gasteiger partial charge in [0, 0.05) is 38.1 Å². The van der Waals surface area contributed by atoms with Crippen LogP contribution in [0.3, 0.4) is 0 Å². The lowest BCUT2D eigenvalue weighted by Gasteiger charge is -2.32. The highest BCUT2D eigenvalue weighted by Crippen LogP contribution is 2.19. The van der Waals surface area contributed by atoms with Crippen LogP contribution < -0.4 is 10.6 Å². The predicted molar refractivity (Wildman–Crippen MR) is 127 cm³/mol. The number of aliphatic imine (C=N–C) groups is 1. The number of rotatable bonds is 7. The van der Waals surface area contributed by atoms with Gasteiger partial charge < -0.3 is 10.6 Å². The molecule has 1 aromatic heterocycles. The molecule has 2 aromatic rings. The molecule has 2 N–H and O–H groups in total. The Hall–Kier alpha value is -1.19. The fourth-order valence-corrected chi connectivity index (χ4v) is 4.31. The molecule has 0 aliphatic carbocycles. The molecular weight excluding hydrogens is 486 g/mol. The Balaban J connectivity index is 0.00000280. The molecular formula is C21H30FIN4S. The molecule has 28 heavy (non-hydrogen) atoms. The molecule has 2 heterocycles. The zero-order chi connectivity index (χ0) is 18.9. The number of thiophene rings is 1. The average molecular weight is 516 g/mol. The van der Waals surface area contributed by atoms with E-state index in [4.69, 9.17) is 0 Å². The van der Waals surface area contributed by atoms with Crippen molar-refractivity contribution in [3.8, 4) is 0 Å². The number of guanidine groups is 1. The van der Waals surface area contributed by atoms with E-state index in [9.17, 15) is 4.39 Å². The van der Waals surface area contributed by atoms with E-state index in [0.29, 0.717) is 5.92 Å². The van der Waals surface area contributed by atoms with E-state index in [0.717, 1.165) is 44.1 Å². The minimum atomic E-state index is -0.181. The largest absolute Gasteiger partial charge is 0.356 e. The normalized spacial score (nSPS) is 17.8. The number of hydrogen-bond donors (Lipinski definition) is 2. The van der Waals surface area contributed by atoms with Crippen LogP contribution in [0.2, 0.25) is 0 Å². The summed E-state index contributed by atoms with van der Waals surface area (Å²) < 4.78 is 13.2. The van der Waals surface area contributed by atoms with Crippen molar-refractivity contribution < 1.29 is 4.39 Å². The maximum absolute atomic E-state index is 13.2. The maximum atomic E-state index is 13.2. The Labute approximate surface area is 188 Å². The Morgan fingerprint density at radius 3 is 2.93 bits per heavy atom. The first kappa shape index (κ1) is 23.1. The number of piperidine rings is 1. The SMILES string of the molecule is CN=C(NCCc1cccc(F)c1)NCC1CCCN(Cc2cccs2)C1.I. The van der Waals surface area contributed by atoms with Crippen molar-refractivity contribution >= 4 is 41.3 Å². The lowest BCUT2D eigenvalue weighted by atomic mass is 9.98. The van der Waals surface area contributed by atoms with Crippen LogP contribution in [0.25, 0.3) is 0 Å². The monoisotopic (exact) mass is 516 g/mol. The summed E-state index contributed by atoms with van der Waals surface area (Å²) >= 11 is 1.84. The first-order valence-electron chi connectivity index (χ1n) is 9.66. The number of likely N-dealkylation sites (tertiary alicyclic amines) is 1. The third-order valence-corrected chi connectivity index (χ3v) is 5.80. The lowest BCUT2D eigenvalue weighted by Crippen LogP contribution is -2.44. The summed E-state index contributed by atoms with van der Waals surface area (Å²) in [6.45, 7) is 5.05. The minimum Gasteiger partial charge on any atom is -0.356 e. The van der Waals surface area contributed by atoms with Crippen molar-refractivity contribution in [3.05, 3.63) is 58.0 Å². The fraction of sp³-hybridized carbons (Fsp3) is 0.476. The van der Waals surface area contributed by atoms with Crippen LogP contribution in [0.15, 0.2) is 46.8 Å². The number of nitrogens with one attached hydrogen (secondary N) is 2. The van der Waals surface area contributed by atoms with E-state index in [1.807, 2.05) is 17.4 Å². The molecule has 0 saturated carbocycles. The van der Waals surface area contributed by atoms with Crippen LogP contribution >= 0.6 is 35.3 Å². The second-order valence-corrected chi connectivity index (χ2v) is 8.11. The first-order chi connectivity index (χ1) is 13.2. The van der Waals surface area contributed by atoms with Crippen molar-refractivity contribution in [1.29, 1.82) is 0 Å². The molecule has 0 radical (unpaired) electrons. The second kappa shape index (κ2) is 12.4. The van der Waals surface area contributed by atoms with Gasteiger partial charge in [0.15, 0.2) is 5.96 Å². The van der Waals surface area contributed by atoms with Gasteiger partial charge in [-0.05, 0) is 60.9 Å². The third kappa shape index (κ3) is 7.67. The third-order valence-electron chi connectivity index (χ3n) is 4.94. The van der Waals surface area contributed by atoms with Crippen molar-refractivity contribution in [2.75, 3.05) is 33.2 Å². The smallest absolute Gasteiger partial charge is 0.190 e. The molecule has 1 unspecified atom stereocenters. The molecule has 1 atom stereocenters. The first-order valence-corrected chi connectivity index (χ1v) is 10.5. The van der Waals surface area contributed by atoms with Gasteiger partial charge in [-0.15, -0.1) is 35.3 Å². The van der Waals surface area contributed by atoms with E-state index in [1.165, 1.54) is 30.3 Å². The molecule has 154 valence electrons. The zero-order valence-corrected chi connectivity index (χ0v) is 19.5. The molecule has 1 aromatic carbocycles. The molecule has 1 aliphatic heterocycles. The summed E-state index contributed by atoms with van der Waals surface area (Å²) in [7, 11) is 1.79. The topological polar surface area (TPSA) is 39.7 Å². The van der Waals surface area contributed by atoms with E-state index in [2.05, 4.69) is 38.0 Å². The van der Waals surface area contributed by atoms with E-state index >= 15 is 0 Å². The van der Waals surface area contributed by atoms with Gasteiger partial charge in [0.2, 0.25) is 0 Å². The summed E-state index contributed by atoms with van der Waals surface area (Å²) in [4.78, 5) is 8.31. The van der Waals surface area contributed by atoms with Gasteiger partial charge in [0.25, 0.3) is 0 Å². The van der Waals surface area contributed by atoms with Gasteiger partial charge in [-0.25, -0.2) is 4.39 Å². The summed E-state index contributed by atoms with van der Waals surface area (Å²) in [6.07, 6.45) is 3.29. The van der Waals surface area contributed by atoms with Gasteiger partial charge in [-0.1, -0.05) is 18.2 Å². The molecule has 0 bridgehead atoms. The Kier molecular flexibility index (Phi) is 10.2. The molecule has 0 amide bonds. The number of halogens is 2. The number of benzene rings is 1. The molecule has 1 saturated heterocycles. The van der Waals surface area contributed by atoms with Crippen molar-refractivity contribution in [3.63, 3.8) is 0 Å². The van der Waals surface area contributed by atoms with Crippen molar-refractivity contribution in [2.24, 2.45) is 10.9 Å². The summed E-state index contributed by atoms with van der Waals surface area (Å²) in [5.41, 5.74) is 0.995. The van der Waals surface area contributed by atoms with Gasteiger partial charge in [0.1, 0.15) is 5.82 Å². The summed E-state index contributed by atoms with van der Waals surface area (Å²) in [5.74, 6) is 1.28. The van der Waals surface area contributed by atoms with E-state index in [1.54, 1.807) is 19.2 Å². The highest BCUT2D eigenvalue weighted by atomic mass is 127. The lowest BCUT2D eigenvalue weighted by molar-refractivity contribution is 0.169. The zero-order valence-electron chi connectivity index (χ0n) is 16.4. The number of hydrogen-bond acceptors (Lipinski definition) is 3. The Morgan fingerprint density at radius 1 is 1.29 bits per heavy atom. The maximum Gasteiger partial charge on any atom is 0.190 e. The molecule has 1 fully saturated rings. The van der Waals surface area contributed by atoms with Crippen LogP contribution in [-0.4, -0.2) is 44.1 Å². The van der Waals surface area contributed by atoms with Gasteiger partial charge in [0.05, 0.1) is 0 Å². The fourth-order valence-electron chi connectivity index (χ4n) is 3.56. The second-order valence-electron chi connectivity index (χ2n) is 7.08. The van der Waals surface area contributed by atoms with Gasteiger partial charge in [-0.3, -0.25) is 9.89 Å². The summed E-state index contributed by atoms with van der Waals surface area (Å²) in [6, 6.07) is 11.1. The van der Waals surface area contributed by atoms with Gasteiger partial charge in [-0.2, -0.15) is 0 Å². The number of nitrogens with zero attached hydrogens (tertiary/aromatic N) is 2. The van der Waals surface area contributed by atoms with E-state index < -0.39 is 0 Å². The Morgan fingerprint density at radius 2 is 2.18 bits per heavy atom. The van der Waals surface area contributed by atoms with Crippen LogP contribution in [0.1, 0.15) is 23.3 Å². The van der Waals surface area contributed by atoms with Crippen molar-refractivity contribution in [1.82, 2.24) is 15.5 Å². The quantitative estimate of drug-likeness (QED) is 0.331. The Bertz CT molecular complexity index is 723. The molecule has 0 spiro atoms. The molecule has 3 rings (SSSR count). The van der Waals surface area contributed by atoms with Crippen LogP contribution in [-0.2, 0) is 13.0 Å². The minimum absolute atomic E-state index is 0. The van der Waals surface area contributed by atoms with Crippen LogP contribution in [0.4, 0.5) is 4.39 Å². The van der Waals surface area contributed by atoms with Gasteiger partial charge >= 0.3 is 0 Å². The highest BCUT2D eigenvalue weighted by molar-refractivity contribution is 14.0. The molecule has 4 nitrogen and oxygen atoms in total. The summed E-state index contributed by atoms with van der Waals surface area (Å²) in [5, 5.41) is 8.94.